The summed E-state index contributed by atoms with van der Waals surface area (Å²) in [5.41, 5.74) is 5.88. The predicted molar refractivity (Wildman–Crippen MR) is 70.9 cm³/mol. The SMILES string of the molecule is COC(CN)CC(=O)Nc1ccc(S(N)(=O)=O)cc1. The topological polar surface area (TPSA) is 125 Å². The Labute approximate surface area is 112 Å². The molecular weight excluding hydrogens is 270 g/mol. The number of nitrogens with two attached hydrogens (primary N) is 2. The van der Waals surface area contributed by atoms with Gasteiger partial charge in [-0.3, -0.25) is 4.79 Å². The molecule has 106 valence electrons. The number of hydrogen-bond donors (Lipinski definition) is 3. The fourth-order valence-electron chi connectivity index (χ4n) is 1.41. The lowest BCUT2D eigenvalue weighted by molar-refractivity contribution is -0.118. The molecule has 0 heterocycles. The lowest BCUT2D eigenvalue weighted by Gasteiger charge is -2.12. The number of primary sulfonamides is 1. The van der Waals surface area contributed by atoms with Gasteiger partial charge in [0, 0.05) is 19.3 Å². The molecule has 7 nitrogen and oxygen atoms in total. The average Bonchev–Trinajstić information content (AvgIpc) is 2.35. The number of benzene rings is 1. The van der Waals surface area contributed by atoms with Crippen molar-refractivity contribution in [2.45, 2.75) is 17.4 Å². The Morgan fingerprint density at radius 3 is 2.37 bits per heavy atom. The molecule has 1 atom stereocenters. The Morgan fingerprint density at radius 2 is 1.95 bits per heavy atom. The largest absolute Gasteiger partial charge is 0.380 e. The van der Waals surface area contributed by atoms with Gasteiger partial charge in [0.05, 0.1) is 17.4 Å². The molecule has 0 aliphatic rings. The Balaban J connectivity index is 2.66. The van der Waals surface area contributed by atoms with Gasteiger partial charge >= 0.3 is 0 Å². The molecule has 5 N–H and O–H groups in total. The third-order valence-corrected chi connectivity index (χ3v) is 3.41. The van der Waals surface area contributed by atoms with Gasteiger partial charge in [0.15, 0.2) is 0 Å². The molecule has 19 heavy (non-hydrogen) atoms. The molecule has 0 fully saturated rings. The number of rotatable bonds is 6. The maximum Gasteiger partial charge on any atom is 0.238 e. The molecular formula is C11H17N3O4S. The Morgan fingerprint density at radius 1 is 1.37 bits per heavy atom. The zero-order chi connectivity index (χ0) is 14.5. The van der Waals surface area contributed by atoms with Crippen molar-refractivity contribution in [3.63, 3.8) is 0 Å². The highest BCUT2D eigenvalue weighted by Crippen LogP contribution is 2.13. The molecule has 1 amide bonds. The van der Waals surface area contributed by atoms with E-state index in [1.807, 2.05) is 0 Å². The minimum atomic E-state index is -3.72. The highest BCUT2D eigenvalue weighted by Gasteiger charge is 2.12. The normalized spacial score (nSPS) is 13.0. The van der Waals surface area contributed by atoms with Crippen LogP contribution >= 0.6 is 0 Å². The van der Waals surface area contributed by atoms with Crippen LogP contribution in [0.25, 0.3) is 0 Å². The summed E-state index contributed by atoms with van der Waals surface area (Å²) >= 11 is 0. The van der Waals surface area contributed by atoms with Crippen LogP contribution in [0, 0.1) is 0 Å². The van der Waals surface area contributed by atoms with Gasteiger partial charge in [-0.25, -0.2) is 13.6 Å². The van der Waals surface area contributed by atoms with Crippen LogP contribution in [-0.2, 0) is 19.6 Å². The molecule has 1 aromatic rings. The first-order valence-electron chi connectivity index (χ1n) is 5.52. The maximum atomic E-state index is 11.6. The molecule has 0 spiro atoms. The fraction of sp³-hybridized carbons (Fsp3) is 0.364. The summed E-state index contributed by atoms with van der Waals surface area (Å²) in [5.74, 6) is -0.263. The highest BCUT2D eigenvalue weighted by atomic mass is 32.2. The average molecular weight is 287 g/mol. The van der Waals surface area contributed by atoms with Gasteiger partial charge in [-0.1, -0.05) is 0 Å². The minimum Gasteiger partial charge on any atom is -0.380 e. The van der Waals surface area contributed by atoms with Gasteiger partial charge < -0.3 is 15.8 Å². The van der Waals surface area contributed by atoms with E-state index in [0.717, 1.165) is 0 Å². The number of carbonyl (C=O) groups is 1. The monoisotopic (exact) mass is 287 g/mol. The summed E-state index contributed by atoms with van der Waals surface area (Å²) in [7, 11) is -2.25. The van der Waals surface area contributed by atoms with Gasteiger partial charge in [-0.15, -0.1) is 0 Å². The van der Waals surface area contributed by atoms with Crippen LogP contribution in [0.1, 0.15) is 6.42 Å². The van der Waals surface area contributed by atoms with Crippen molar-refractivity contribution in [1.29, 1.82) is 0 Å². The zero-order valence-electron chi connectivity index (χ0n) is 10.5. The van der Waals surface area contributed by atoms with Crippen molar-refractivity contribution in [3.8, 4) is 0 Å². The molecule has 0 aromatic heterocycles. The molecule has 0 saturated heterocycles. The zero-order valence-corrected chi connectivity index (χ0v) is 11.3. The van der Waals surface area contributed by atoms with Gasteiger partial charge in [-0.05, 0) is 24.3 Å². The first kappa shape index (κ1) is 15.6. The third-order valence-electron chi connectivity index (χ3n) is 2.48. The Kier molecular flexibility index (Phi) is 5.43. The molecule has 0 bridgehead atoms. The van der Waals surface area contributed by atoms with Crippen LogP contribution in [0.3, 0.4) is 0 Å². The molecule has 8 heteroatoms. The van der Waals surface area contributed by atoms with Crippen molar-refractivity contribution < 1.29 is 17.9 Å². The van der Waals surface area contributed by atoms with Crippen molar-refractivity contribution in [2.24, 2.45) is 10.9 Å². The highest BCUT2D eigenvalue weighted by molar-refractivity contribution is 7.89. The second kappa shape index (κ2) is 6.62. The lowest BCUT2D eigenvalue weighted by Crippen LogP contribution is -2.28. The first-order valence-corrected chi connectivity index (χ1v) is 7.07. The summed E-state index contributed by atoms with van der Waals surface area (Å²) in [6.45, 7) is 0.244. The van der Waals surface area contributed by atoms with E-state index in [4.69, 9.17) is 15.6 Å². The van der Waals surface area contributed by atoms with Crippen LogP contribution in [0.4, 0.5) is 5.69 Å². The summed E-state index contributed by atoms with van der Waals surface area (Å²) < 4.78 is 27.1. The summed E-state index contributed by atoms with van der Waals surface area (Å²) in [4.78, 5) is 11.6. The minimum absolute atomic E-state index is 0.0118. The van der Waals surface area contributed by atoms with E-state index in [2.05, 4.69) is 5.32 Å². The van der Waals surface area contributed by atoms with E-state index in [-0.39, 0.29) is 29.9 Å². The van der Waals surface area contributed by atoms with E-state index in [0.29, 0.717) is 5.69 Å². The van der Waals surface area contributed by atoms with E-state index in [9.17, 15) is 13.2 Å². The van der Waals surface area contributed by atoms with Crippen LogP contribution in [0.15, 0.2) is 29.2 Å². The predicted octanol–water partition coefficient (Wildman–Crippen LogP) is -0.364. The smallest absolute Gasteiger partial charge is 0.238 e. The molecule has 1 unspecified atom stereocenters. The Hall–Kier alpha value is -1.48. The number of carbonyl (C=O) groups excluding carboxylic acids is 1. The van der Waals surface area contributed by atoms with E-state index < -0.39 is 10.0 Å². The molecule has 0 radical (unpaired) electrons. The molecule has 1 aromatic carbocycles. The lowest BCUT2D eigenvalue weighted by atomic mass is 10.2. The van der Waals surface area contributed by atoms with Crippen molar-refractivity contribution in [3.05, 3.63) is 24.3 Å². The number of methoxy groups -OCH3 is 1. The molecule has 0 saturated carbocycles. The summed E-state index contributed by atoms with van der Waals surface area (Å²) in [6, 6.07) is 5.56. The van der Waals surface area contributed by atoms with Gasteiger partial charge in [0.2, 0.25) is 15.9 Å². The maximum absolute atomic E-state index is 11.6. The van der Waals surface area contributed by atoms with Gasteiger partial charge in [-0.2, -0.15) is 0 Å². The molecule has 0 aliphatic carbocycles. The van der Waals surface area contributed by atoms with E-state index >= 15 is 0 Å². The summed E-state index contributed by atoms with van der Waals surface area (Å²) in [6.07, 6.45) is -0.215. The van der Waals surface area contributed by atoms with Crippen LogP contribution in [-0.4, -0.2) is 34.1 Å². The standard InChI is InChI=1S/C11H17N3O4S/c1-18-9(7-12)6-11(15)14-8-2-4-10(5-3-8)19(13,16)17/h2-5,9H,6-7,12H2,1H3,(H,14,15)(H2,13,16,17). The third kappa shape index (κ3) is 4.95. The number of ether oxygens (including phenoxy) is 1. The first-order chi connectivity index (χ1) is 8.86. The van der Waals surface area contributed by atoms with Crippen molar-refractivity contribution >= 4 is 21.6 Å². The number of anilines is 1. The van der Waals surface area contributed by atoms with Crippen LogP contribution < -0.4 is 16.2 Å². The second-order valence-electron chi connectivity index (χ2n) is 3.92. The van der Waals surface area contributed by atoms with E-state index in [1.54, 1.807) is 0 Å². The quantitative estimate of drug-likeness (QED) is 0.658. The van der Waals surface area contributed by atoms with Crippen molar-refractivity contribution in [1.82, 2.24) is 0 Å². The van der Waals surface area contributed by atoms with Crippen molar-refractivity contribution in [2.75, 3.05) is 19.0 Å². The van der Waals surface area contributed by atoms with Gasteiger partial charge in [0.1, 0.15) is 0 Å². The van der Waals surface area contributed by atoms with Gasteiger partial charge in [0.25, 0.3) is 0 Å². The molecule has 0 aliphatic heterocycles. The van der Waals surface area contributed by atoms with Crippen LogP contribution in [0.2, 0.25) is 0 Å². The number of amides is 1. The van der Waals surface area contributed by atoms with E-state index in [1.165, 1.54) is 31.4 Å². The second-order valence-corrected chi connectivity index (χ2v) is 5.48. The number of hydrogen-bond acceptors (Lipinski definition) is 5. The number of nitrogens with one attached hydrogen (secondary N) is 1. The van der Waals surface area contributed by atoms with Crippen LogP contribution in [0.5, 0.6) is 0 Å². The summed E-state index contributed by atoms with van der Waals surface area (Å²) in [5, 5.41) is 7.57. The number of sulfonamides is 1. The fourth-order valence-corrected chi connectivity index (χ4v) is 1.93. The molecule has 1 rings (SSSR count). The Bertz CT molecular complexity index is 523.